The van der Waals surface area contributed by atoms with E-state index in [1.165, 1.54) is 4.90 Å². The second kappa shape index (κ2) is 8.20. The lowest BCUT2D eigenvalue weighted by Crippen LogP contribution is -2.50. The van der Waals surface area contributed by atoms with Gasteiger partial charge < -0.3 is 0 Å². The Morgan fingerprint density at radius 1 is 0.923 bits per heavy atom. The van der Waals surface area contributed by atoms with E-state index in [-0.39, 0.29) is 23.4 Å². The van der Waals surface area contributed by atoms with Gasteiger partial charge in [0, 0.05) is 11.6 Å². The summed E-state index contributed by atoms with van der Waals surface area (Å²) in [5, 5.41) is 4.29. The molecule has 7 heteroatoms. The number of aryl methyl sites for hydroxylation is 2. The first-order chi connectivity index (χ1) is 18.7. The van der Waals surface area contributed by atoms with Crippen molar-refractivity contribution in [3.05, 3.63) is 99.6 Å². The van der Waals surface area contributed by atoms with Crippen molar-refractivity contribution in [2.24, 2.45) is 17.8 Å². The zero-order valence-corrected chi connectivity index (χ0v) is 22.4. The highest BCUT2D eigenvalue weighted by Gasteiger charge is 2.69. The van der Waals surface area contributed by atoms with Crippen molar-refractivity contribution in [2.45, 2.75) is 45.7 Å². The fourth-order valence-corrected chi connectivity index (χ4v) is 7.05. The number of benzene rings is 3. The van der Waals surface area contributed by atoms with E-state index in [4.69, 9.17) is 4.98 Å². The molecule has 4 atom stereocenters. The van der Waals surface area contributed by atoms with Crippen molar-refractivity contribution >= 4 is 28.4 Å². The van der Waals surface area contributed by atoms with Gasteiger partial charge in [0.25, 0.3) is 5.56 Å². The van der Waals surface area contributed by atoms with Gasteiger partial charge in [0.15, 0.2) is 0 Å². The first-order valence-corrected chi connectivity index (χ1v) is 13.6. The van der Waals surface area contributed by atoms with Gasteiger partial charge in [-0.15, -0.1) is 0 Å². The SMILES string of the molecule is Cc1ccc(N2C(=O)[C@H]3[C@H](CC(C)C)N[C@]4(c5ccccc5-n5c4nc4ccccc4c5=O)[C@H]3C2=O)cc1C. The third-order valence-electron chi connectivity index (χ3n) is 8.84. The molecule has 0 radical (unpaired) electrons. The van der Waals surface area contributed by atoms with E-state index in [1.807, 2.05) is 74.5 Å². The second-order valence-electron chi connectivity index (χ2n) is 11.6. The van der Waals surface area contributed by atoms with Crippen LogP contribution < -0.4 is 15.8 Å². The molecule has 196 valence electrons. The minimum Gasteiger partial charge on any atom is -0.297 e. The Bertz CT molecular complexity index is 1770. The second-order valence-corrected chi connectivity index (χ2v) is 11.6. The number of para-hydroxylation sites is 2. The zero-order valence-electron chi connectivity index (χ0n) is 22.4. The predicted octanol–water partition coefficient (Wildman–Crippen LogP) is 4.38. The van der Waals surface area contributed by atoms with Gasteiger partial charge in [-0.3, -0.25) is 24.3 Å². The molecule has 0 bridgehead atoms. The van der Waals surface area contributed by atoms with Gasteiger partial charge in [-0.05, 0) is 67.6 Å². The van der Waals surface area contributed by atoms with Crippen molar-refractivity contribution in [1.29, 1.82) is 0 Å². The predicted molar refractivity (Wildman–Crippen MR) is 150 cm³/mol. The molecule has 4 heterocycles. The molecule has 3 aliphatic rings. The highest BCUT2D eigenvalue weighted by molar-refractivity contribution is 6.23. The summed E-state index contributed by atoms with van der Waals surface area (Å²) in [4.78, 5) is 49.0. The van der Waals surface area contributed by atoms with Gasteiger partial charge in [0.05, 0.1) is 34.1 Å². The van der Waals surface area contributed by atoms with E-state index in [0.717, 1.165) is 16.7 Å². The summed E-state index contributed by atoms with van der Waals surface area (Å²) >= 11 is 0. The van der Waals surface area contributed by atoms with Crippen molar-refractivity contribution in [3.8, 4) is 5.69 Å². The number of nitrogens with one attached hydrogen (secondary N) is 1. The Morgan fingerprint density at radius 3 is 2.44 bits per heavy atom. The Morgan fingerprint density at radius 2 is 1.67 bits per heavy atom. The Labute approximate surface area is 226 Å². The summed E-state index contributed by atoms with van der Waals surface area (Å²) < 4.78 is 1.65. The fraction of sp³-hybridized carbons (Fsp3) is 0.312. The van der Waals surface area contributed by atoms with E-state index in [1.54, 1.807) is 10.6 Å². The maximum atomic E-state index is 14.5. The number of fused-ring (bicyclic) bond motifs is 8. The van der Waals surface area contributed by atoms with Gasteiger partial charge >= 0.3 is 0 Å². The first kappa shape index (κ1) is 24.0. The van der Waals surface area contributed by atoms with Crippen LogP contribution in [0.2, 0.25) is 0 Å². The van der Waals surface area contributed by atoms with Gasteiger partial charge in [0.1, 0.15) is 11.4 Å². The van der Waals surface area contributed by atoms with Gasteiger partial charge in [0.2, 0.25) is 11.8 Å². The summed E-state index contributed by atoms with van der Waals surface area (Å²) in [6.07, 6.45) is 0.711. The summed E-state index contributed by atoms with van der Waals surface area (Å²) in [5.41, 5.74) is 3.53. The van der Waals surface area contributed by atoms with E-state index >= 15 is 0 Å². The Balaban J connectivity index is 1.51. The van der Waals surface area contributed by atoms with Crippen LogP contribution >= 0.6 is 0 Å². The molecular formula is C32H30N4O3. The molecule has 0 unspecified atom stereocenters. The van der Waals surface area contributed by atoms with Crippen LogP contribution in [0.4, 0.5) is 5.69 Å². The molecule has 0 saturated carbocycles. The normalized spacial score (nSPS) is 25.2. The molecule has 4 aromatic rings. The average molecular weight is 519 g/mol. The zero-order chi connectivity index (χ0) is 27.2. The van der Waals surface area contributed by atoms with E-state index in [2.05, 4.69) is 19.2 Å². The van der Waals surface area contributed by atoms with Gasteiger partial charge in [-0.1, -0.05) is 50.2 Å². The molecule has 2 amide bonds. The molecule has 7 rings (SSSR count). The van der Waals surface area contributed by atoms with Crippen LogP contribution in [0, 0.1) is 31.6 Å². The third kappa shape index (κ3) is 3.08. The Hall–Kier alpha value is -4.10. The van der Waals surface area contributed by atoms with Crippen LogP contribution in [0.1, 0.15) is 42.8 Å². The molecular weight excluding hydrogens is 488 g/mol. The van der Waals surface area contributed by atoms with Crippen LogP contribution in [0.5, 0.6) is 0 Å². The number of nitrogens with zero attached hydrogens (tertiary/aromatic N) is 3. The monoisotopic (exact) mass is 518 g/mol. The standard InChI is InChI=1S/C32H30N4O3/c1-17(2)15-24-26-27(30(39)35(29(26)38)20-14-13-18(3)19(4)16-20)32(34-24)22-10-6-8-12-25(22)36-28(37)21-9-5-7-11-23(21)33-31(32)36/h5-14,16-17,24,26-27,34H,15H2,1-4H3/t24-,26-,27+,32+/m0/s1. The molecule has 2 fully saturated rings. The van der Waals surface area contributed by atoms with Crippen molar-refractivity contribution in [3.63, 3.8) is 0 Å². The Kier molecular flexibility index (Phi) is 5.04. The van der Waals surface area contributed by atoms with Crippen molar-refractivity contribution in [2.75, 3.05) is 4.90 Å². The number of hydrogen-bond donors (Lipinski definition) is 1. The lowest BCUT2D eigenvalue weighted by atomic mass is 9.75. The number of rotatable bonds is 3. The molecule has 7 nitrogen and oxygen atoms in total. The first-order valence-electron chi connectivity index (χ1n) is 13.6. The number of anilines is 1. The summed E-state index contributed by atoms with van der Waals surface area (Å²) in [6.45, 7) is 8.24. The molecule has 1 N–H and O–H groups in total. The largest absolute Gasteiger partial charge is 0.297 e. The topological polar surface area (TPSA) is 84.3 Å². The minimum absolute atomic E-state index is 0.173. The van der Waals surface area contributed by atoms with E-state index < -0.39 is 17.4 Å². The molecule has 3 aromatic carbocycles. The number of carbonyl (C=O) groups excluding carboxylic acids is 2. The van der Waals surface area contributed by atoms with Gasteiger partial charge in [-0.2, -0.15) is 0 Å². The maximum absolute atomic E-state index is 14.5. The van der Waals surface area contributed by atoms with Crippen LogP contribution in [0.25, 0.3) is 16.6 Å². The maximum Gasteiger partial charge on any atom is 0.266 e. The average Bonchev–Trinajstić information content (AvgIpc) is 3.49. The molecule has 1 aromatic heterocycles. The molecule has 1 spiro atoms. The lowest BCUT2D eigenvalue weighted by Gasteiger charge is -2.32. The summed E-state index contributed by atoms with van der Waals surface area (Å²) in [5.74, 6) is -0.986. The number of hydrogen-bond acceptors (Lipinski definition) is 5. The summed E-state index contributed by atoms with van der Waals surface area (Å²) in [6, 6.07) is 20.4. The highest BCUT2D eigenvalue weighted by atomic mass is 16.2. The molecule has 2 saturated heterocycles. The number of aromatic nitrogens is 2. The van der Waals surface area contributed by atoms with E-state index in [0.29, 0.717) is 40.4 Å². The summed E-state index contributed by atoms with van der Waals surface area (Å²) in [7, 11) is 0. The lowest BCUT2D eigenvalue weighted by molar-refractivity contribution is -0.123. The van der Waals surface area contributed by atoms with Crippen LogP contribution in [-0.2, 0) is 15.1 Å². The minimum atomic E-state index is -1.11. The molecule has 0 aliphatic carbocycles. The van der Waals surface area contributed by atoms with Gasteiger partial charge in [-0.25, -0.2) is 9.88 Å². The van der Waals surface area contributed by atoms with Crippen LogP contribution in [0.3, 0.4) is 0 Å². The van der Waals surface area contributed by atoms with Crippen molar-refractivity contribution in [1.82, 2.24) is 14.9 Å². The van der Waals surface area contributed by atoms with E-state index in [9.17, 15) is 14.4 Å². The van der Waals surface area contributed by atoms with Crippen LogP contribution in [-0.4, -0.2) is 27.4 Å². The van der Waals surface area contributed by atoms with Crippen molar-refractivity contribution < 1.29 is 9.59 Å². The number of amides is 2. The third-order valence-corrected chi connectivity index (χ3v) is 8.84. The quantitative estimate of drug-likeness (QED) is 0.407. The number of carbonyl (C=O) groups is 2. The highest BCUT2D eigenvalue weighted by Crippen LogP contribution is 2.56. The fourth-order valence-electron chi connectivity index (χ4n) is 7.05. The smallest absolute Gasteiger partial charge is 0.266 e. The number of imide groups is 1. The van der Waals surface area contributed by atoms with Crippen LogP contribution in [0.15, 0.2) is 71.5 Å². The molecule has 39 heavy (non-hydrogen) atoms. The molecule has 3 aliphatic heterocycles.